The van der Waals surface area contributed by atoms with E-state index in [-0.39, 0.29) is 18.7 Å². The Morgan fingerprint density at radius 3 is 2.70 bits per heavy atom. The van der Waals surface area contributed by atoms with Gasteiger partial charge in [-0.15, -0.1) is 0 Å². The van der Waals surface area contributed by atoms with Crippen molar-refractivity contribution in [3.63, 3.8) is 0 Å². The van der Waals surface area contributed by atoms with Gasteiger partial charge in [0, 0.05) is 12.2 Å². The van der Waals surface area contributed by atoms with Crippen LogP contribution in [0.2, 0.25) is 5.02 Å². The number of halogens is 4. The zero-order valence-electron chi connectivity index (χ0n) is 10.2. The number of hydrogen-bond acceptors (Lipinski definition) is 3. The van der Waals surface area contributed by atoms with E-state index in [1.807, 2.05) is 0 Å². The molecule has 20 heavy (non-hydrogen) atoms. The third-order valence-corrected chi connectivity index (χ3v) is 3.29. The highest BCUT2D eigenvalue weighted by Gasteiger charge is 2.34. The Morgan fingerprint density at radius 1 is 1.45 bits per heavy atom. The molecule has 2 rings (SSSR count). The summed E-state index contributed by atoms with van der Waals surface area (Å²) in [5, 5.41) is 14.0. The fraction of sp³-hybridized carbons (Fsp3) is 0.417. The molecule has 0 saturated carbocycles. The largest absolute Gasteiger partial charge is 0.417 e. The zero-order valence-corrected chi connectivity index (χ0v) is 10.9. The van der Waals surface area contributed by atoms with Crippen LogP contribution in [0.4, 0.5) is 18.9 Å². The standard InChI is InChI=1S/C12H12ClF3N2O2/c13-9-2-1-6(3-8(9)12(14,15)16)18-11(20)10-4-7(19)5-17-10/h1-3,7,10,17,19H,4-5H2,(H,18,20). The summed E-state index contributed by atoms with van der Waals surface area (Å²) in [7, 11) is 0. The minimum Gasteiger partial charge on any atom is -0.392 e. The summed E-state index contributed by atoms with van der Waals surface area (Å²) < 4.78 is 38.0. The van der Waals surface area contributed by atoms with Gasteiger partial charge in [0.25, 0.3) is 0 Å². The second-order valence-corrected chi connectivity index (χ2v) is 4.94. The Hall–Kier alpha value is -1.31. The lowest BCUT2D eigenvalue weighted by atomic mass is 10.1. The molecule has 0 radical (unpaired) electrons. The van der Waals surface area contributed by atoms with Gasteiger partial charge in [-0.05, 0) is 24.6 Å². The van der Waals surface area contributed by atoms with Crippen LogP contribution >= 0.6 is 11.6 Å². The van der Waals surface area contributed by atoms with Gasteiger partial charge in [0.05, 0.1) is 22.7 Å². The summed E-state index contributed by atoms with van der Waals surface area (Å²) in [4.78, 5) is 11.8. The molecule has 1 aliphatic heterocycles. The van der Waals surface area contributed by atoms with Crippen molar-refractivity contribution in [3.05, 3.63) is 28.8 Å². The number of nitrogens with one attached hydrogen (secondary N) is 2. The van der Waals surface area contributed by atoms with Gasteiger partial charge in [0.2, 0.25) is 5.91 Å². The first-order valence-electron chi connectivity index (χ1n) is 5.86. The number of carbonyl (C=O) groups is 1. The van der Waals surface area contributed by atoms with E-state index >= 15 is 0 Å². The third kappa shape index (κ3) is 3.41. The molecular formula is C12H12ClF3N2O2. The van der Waals surface area contributed by atoms with Gasteiger partial charge in [-0.3, -0.25) is 4.79 Å². The molecule has 0 aromatic heterocycles. The highest BCUT2D eigenvalue weighted by atomic mass is 35.5. The molecule has 2 unspecified atom stereocenters. The lowest BCUT2D eigenvalue weighted by Crippen LogP contribution is -2.35. The number of amides is 1. The number of hydrogen-bond donors (Lipinski definition) is 3. The van der Waals surface area contributed by atoms with Crippen molar-refractivity contribution in [2.24, 2.45) is 0 Å². The van der Waals surface area contributed by atoms with Crippen molar-refractivity contribution in [2.75, 3.05) is 11.9 Å². The average molecular weight is 309 g/mol. The molecular weight excluding hydrogens is 297 g/mol. The molecule has 1 fully saturated rings. The number of carbonyl (C=O) groups excluding carboxylic acids is 1. The predicted molar refractivity (Wildman–Crippen MR) is 67.5 cm³/mol. The van der Waals surface area contributed by atoms with E-state index < -0.39 is 34.8 Å². The maximum absolute atomic E-state index is 12.7. The number of rotatable bonds is 2. The van der Waals surface area contributed by atoms with Crippen LogP contribution in [0.5, 0.6) is 0 Å². The predicted octanol–water partition coefficient (Wildman–Crippen LogP) is 2.02. The molecule has 1 aromatic rings. The van der Waals surface area contributed by atoms with Gasteiger partial charge in [-0.25, -0.2) is 0 Å². The summed E-state index contributed by atoms with van der Waals surface area (Å²) in [5.41, 5.74) is -0.994. The van der Waals surface area contributed by atoms with E-state index in [0.717, 1.165) is 12.1 Å². The quantitative estimate of drug-likeness (QED) is 0.783. The van der Waals surface area contributed by atoms with Gasteiger partial charge in [0.15, 0.2) is 0 Å². The molecule has 1 aromatic carbocycles. The summed E-state index contributed by atoms with van der Waals surface area (Å²) in [6.45, 7) is 0.284. The highest BCUT2D eigenvalue weighted by Crippen LogP contribution is 2.36. The monoisotopic (exact) mass is 308 g/mol. The molecule has 4 nitrogen and oxygen atoms in total. The molecule has 1 heterocycles. The first kappa shape index (κ1) is 15.1. The van der Waals surface area contributed by atoms with Crippen LogP contribution in [0.1, 0.15) is 12.0 Å². The van der Waals surface area contributed by atoms with Crippen LogP contribution in [-0.2, 0) is 11.0 Å². The minimum atomic E-state index is -4.58. The van der Waals surface area contributed by atoms with E-state index in [9.17, 15) is 23.1 Å². The van der Waals surface area contributed by atoms with Crippen molar-refractivity contribution in [2.45, 2.75) is 24.7 Å². The summed E-state index contributed by atoms with van der Waals surface area (Å²) >= 11 is 5.49. The van der Waals surface area contributed by atoms with Crippen molar-refractivity contribution < 1.29 is 23.1 Å². The average Bonchev–Trinajstić information content (AvgIpc) is 2.77. The van der Waals surface area contributed by atoms with E-state index in [1.54, 1.807) is 0 Å². The Morgan fingerprint density at radius 2 is 2.15 bits per heavy atom. The molecule has 0 aliphatic carbocycles. The molecule has 3 N–H and O–H groups in total. The van der Waals surface area contributed by atoms with Gasteiger partial charge in [-0.1, -0.05) is 11.6 Å². The molecule has 0 spiro atoms. The van der Waals surface area contributed by atoms with E-state index in [0.29, 0.717) is 0 Å². The van der Waals surface area contributed by atoms with Crippen LogP contribution < -0.4 is 10.6 Å². The molecule has 2 atom stereocenters. The van der Waals surface area contributed by atoms with Crippen LogP contribution in [0.3, 0.4) is 0 Å². The Bertz CT molecular complexity index is 522. The minimum absolute atomic E-state index is 0.00918. The first-order valence-corrected chi connectivity index (χ1v) is 6.24. The molecule has 1 aliphatic rings. The zero-order chi connectivity index (χ0) is 14.9. The fourth-order valence-electron chi connectivity index (χ4n) is 1.97. The van der Waals surface area contributed by atoms with Crippen LogP contribution in [0.25, 0.3) is 0 Å². The van der Waals surface area contributed by atoms with Crippen LogP contribution in [-0.4, -0.2) is 29.7 Å². The fourth-order valence-corrected chi connectivity index (χ4v) is 2.19. The normalized spacial score (nSPS) is 22.9. The van der Waals surface area contributed by atoms with Gasteiger partial charge < -0.3 is 15.7 Å². The van der Waals surface area contributed by atoms with Crippen molar-refractivity contribution in [1.82, 2.24) is 5.32 Å². The lowest BCUT2D eigenvalue weighted by molar-refractivity contribution is -0.137. The molecule has 0 bridgehead atoms. The maximum atomic E-state index is 12.7. The molecule has 1 saturated heterocycles. The molecule has 1 amide bonds. The summed E-state index contributed by atoms with van der Waals surface area (Å²) in [6.07, 6.45) is -4.98. The van der Waals surface area contributed by atoms with Gasteiger partial charge >= 0.3 is 6.18 Å². The maximum Gasteiger partial charge on any atom is 0.417 e. The third-order valence-electron chi connectivity index (χ3n) is 2.96. The van der Waals surface area contributed by atoms with Crippen molar-refractivity contribution >= 4 is 23.2 Å². The lowest BCUT2D eigenvalue weighted by Gasteiger charge is -2.14. The van der Waals surface area contributed by atoms with E-state index in [4.69, 9.17) is 11.6 Å². The van der Waals surface area contributed by atoms with Gasteiger partial charge in [0.1, 0.15) is 0 Å². The summed E-state index contributed by atoms with van der Waals surface area (Å²) in [5.74, 6) is -0.489. The first-order chi connectivity index (χ1) is 9.27. The van der Waals surface area contributed by atoms with Gasteiger partial charge in [-0.2, -0.15) is 13.2 Å². The second-order valence-electron chi connectivity index (χ2n) is 4.53. The number of β-amino-alcohol motifs (C(OH)–C–C–N with tert-alkyl or cyclic N) is 1. The number of anilines is 1. The topological polar surface area (TPSA) is 61.4 Å². The summed E-state index contributed by atoms with van der Waals surface area (Å²) in [6, 6.07) is 2.54. The molecule has 8 heteroatoms. The Balaban J connectivity index is 2.12. The number of alkyl halides is 3. The smallest absolute Gasteiger partial charge is 0.392 e. The van der Waals surface area contributed by atoms with Crippen molar-refractivity contribution in [3.8, 4) is 0 Å². The number of aliphatic hydroxyl groups is 1. The highest BCUT2D eigenvalue weighted by molar-refractivity contribution is 6.31. The van der Waals surface area contributed by atoms with Crippen molar-refractivity contribution in [1.29, 1.82) is 0 Å². The molecule has 110 valence electrons. The van der Waals surface area contributed by atoms with Crippen LogP contribution in [0.15, 0.2) is 18.2 Å². The second kappa shape index (κ2) is 5.59. The number of aliphatic hydroxyl groups excluding tert-OH is 1. The Kier molecular flexibility index (Phi) is 4.22. The van der Waals surface area contributed by atoms with E-state index in [1.165, 1.54) is 6.07 Å². The SMILES string of the molecule is O=C(Nc1ccc(Cl)c(C(F)(F)F)c1)C1CC(O)CN1. The van der Waals surface area contributed by atoms with Crippen LogP contribution in [0, 0.1) is 0 Å². The Labute approximate surface area is 117 Å². The van der Waals surface area contributed by atoms with E-state index in [2.05, 4.69) is 10.6 Å². The number of benzene rings is 1.